The number of hydrogen-bond acceptors (Lipinski definition) is 3. The van der Waals surface area contributed by atoms with Gasteiger partial charge in [-0.1, -0.05) is 48.9 Å². The largest absolute Gasteiger partial charge is 0.394 e. The van der Waals surface area contributed by atoms with Crippen molar-refractivity contribution >= 4 is 11.8 Å². The van der Waals surface area contributed by atoms with E-state index in [1.165, 1.54) is 6.07 Å². The molecule has 0 unspecified atom stereocenters. The highest BCUT2D eigenvalue weighted by Gasteiger charge is 2.54. The second kappa shape index (κ2) is 7.51. The number of halogens is 1. The van der Waals surface area contributed by atoms with Crippen molar-refractivity contribution in [3.8, 4) is 11.1 Å². The first-order chi connectivity index (χ1) is 14.6. The van der Waals surface area contributed by atoms with Gasteiger partial charge in [0, 0.05) is 23.9 Å². The van der Waals surface area contributed by atoms with E-state index in [0.717, 1.165) is 30.4 Å². The molecule has 0 radical (unpaired) electrons. The fraction of sp³-hybridized carbons (Fsp3) is 0.417. The summed E-state index contributed by atoms with van der Waals surface area (Å²) in [6.45, 7) is 0.511. The quantitative estimate of drug-likeness (QED) is 0.846. The van der Waals surface area contributed by atoms with Crippen LogP contribution in [0.15, 0.2) is 48.5 Å². The molecular weight excluding hydrogens is 383 g/mol. The lowest BCUT2D eigenvalue weighted by Crippen LogP contribution is -2.73. The molecule has 30 heavy (non-hydrogen) atoms. The highest BCUT2D eigenvalue weighted by atomic mass is 19.1. The van der Waals surface area contributed by atoms with Crippen LogP contribution in [-0.2, 0) is 9.59 Å². The Labute approximate surface area is 175 Å². The van der Waals surface area contributed by atoms with Crippen LogP contribution in [0.1, 0.15) is 30.7 Å². The fourth-order valence-electron chi connectivity index (χ4n) is 5.16. The molecule has 1 aliphatic carbocycles. The van der Waals surface area contributed by atoms with Crippen molar-refractivity contribution in [1.82, 2.24) is 9.80 Å². The highest BCUT2D eigenvalue weighted by Crippen LogP contribution is 2.44. The third-order valence-electron chi connectivity index (χ3n) is 7.00. The van der Waals surface area contributed by atoms with Crippen LogP contribution in [0.25, 0.3) is 11.1 Å². The van der Waals surface area contributed by atoms with Crippen molar-refractivity contribution in [2.75, 3.05) is 19.7 Å². The lowest BCUT2D eigenvalue weighted by Gasteiger charge is -2.59. The number of aliphatic hydroxyl groups is 1. The second-order valence-corrected chi connectivity index (χ2v) is 8.59. The molecule has 2 aromatic carbocycles. The smallest absolute Gasteiger partial charge is 0.242 e. The van der Waals surface area contributed by atoms with Crippen LogP contribution >= 0.6 is 0 Å². The summed E-state index contributed by atoms with van der Waals surface area (Å²) in [6.07, 6.45) is 2.91. The van der Waals surface area contributed by atoms with E-state index >= 15 is 0 Å². The molecule has 0 bridgehead atoms. The Balaban J connectivity index is 1.38. The molecule has 1 N–H and O–H groups in total. The van der Waals surface area contributed by atoms with Gasteiger partial charge in [-0.05, 0) is 30.0 Å². The van der Waals surface area contributed by atoms with Crippen LogP contribution in [0, 0.1) is 11.7 Å². The van der Waals surface area contributed by atoms with Crippen LogP contribution in [-0.4, -0.2) is 58.5 Å². The number of piperazine rings is 1. The number of fused-ring (bicyclic) bond motifs is 1. The van der Waals surface area contributed by atoms with Crippen LogP contribution < -0.4 is 0 Å². The van der Waals surface area contributed by atoms with Gasteiger partial charge in [-0.25, -0.2) is 4.39 Å². The zero-order valence-electron chi connectivity index (χ0n) is 16.7. The average molecular weight is 408 g/mol. The standard InChI is InChI=1S/C24H25FN2O3/c25-19-7-2-1-6-18(19)15-8-10-16(11-9-15)23-20-12-26(24(30)17-4-3-5-17)13-22(29)27(20)21(23)14-28/h1-2,6-11,17,20-21,23,28H,3-5,12-14H2/t20-,21+,23+/m0/s1. The van der Waals surface area contributed by atoms with Crippen molar-refractivity contribution in [2.24, 2.45) is 5.92 Å². The van der Waals surface area contributed by atoms with Crippen LogP contribution in [0.4, 0.5) is 4.39 Å². The molecule has 2 heterocycles. The Morgan fingerprint density at radius 2 is 1.83 bits per heavy atom. The Hall–Kier alpha value is -2.73. The summed E-state index contributed by atoms with van der Waals surface area (Å²) in [6, 6.07) is 13.9. The molecule has 6 heteroatoms. The summed E-state index contributed by atoms with van der Waals surface area (Å²) in [5.74, 6) is -0.231. The molecule has 5 nitrogen and oxygen atoms in total. The first-order valence-corrected chi connectivity index (χ1v) is 10.6. The van der Waals surface area contributed by atoms with Crippen LogP contribution in [0.5, 0.6) is 0 Å². The molecular formula is C24H25FN2O3. The molecule has 2 amide bonds. The van der Waals surface area contributed by atoms with Gasteiger partial charge in [0.05, 0.1) is 25.2 Å². The number of rotatable bonds is 4. The van der Waals surface area contributed by atoms with Gasteiger partial charge >= 0.3 is 0 Å². The Morgan fingerprint density at radius 1 is 1.10 bits per heavy atom. The predicted octanol–water partition coefficient (Wildman–Crippen LogP) is 2.79. The van der Waals surface area contributed by atoms with E-state index in [9.17, 15) is 19.1 Å². The van der Waals surface area contributed by atoms with Gasteiger partial charge in [0.1, 0.15) is 5.82 Å². The summed E-state index contributed by atoms with van der Waals surface area (Å²) < 4.78 is 14.1. The lowest BCUT2D eigenvalue weighted by molar-refractivity contribution is -0.169. The number of aliphatic hydroxyl groups excluding tert-OH is 1. The maximum Gasteiger partial charge on any atom is 0.242 e. The van der Waals surface area contributed by atoms with E-state index in [2.05, 4.69) is 0 Å². The number of carbonyl (C=O) groups is 2. The molecule has 0 spiro atoms. The molecule has 3 aliphatic rings. The fourth-order valence-corrected chi connectivity index (χ4v) is 5.16. The molecule has 2 aromatic rings. The van der Waals surface area contributed by atoms with Gasteiger partial charge in [-0.15, -0.1) is 0 Å². The maximum atomic E-state index is 14.1. The Bertz CT molecular complexity index is 973. The number of carbonyl (C=O) groups excluding carboxylic acids is 2. The molecule has 2 aliphatic heterocycles. The minimum absolute atomic E-state index is 0.0365. The molecule has 3 atom stereocenters. The summed E-state index contributed by atoms with van der Waals surface area (Å²) in [5.41, 5.74) is 2.33. The zero-order chi connectivity index (χ0) is 20.8. The van der Waals surface area contributed by atoms with Crippen molar-refractivity contribution in [1.29, 1.82) is 0 Å². The third kappa shape index (κ3) is 3.01. The summed E-state index contributed by atoms with van der Waals surface area (Å²) >= 11 is 0. The number of amides is 2. The van der Waals surface area contributed by atoms with Gasteiger partial charge in [0.2, 0.25) is 11.8 Å². The summed E-state index contributed by atoms with van der Waals surface area (Å²) in [7, 11) is 0. The molecule has 2 saturated heterocycles. The summed E-state index contributed by atoms with van der Waals surface area (Å²) in [4.78, 5) is 28.9. The zero-order valence-corrected chi connectivity index (χ0v) is 16.7. The van der Waals surface area contributed by atoms with Gasteiger partial charge in [0.15, 0.2) is 0 Å². The van der Waals surface area contributed by atoms with E-state index in [1.807, 2.05) is 24.3 Å². The minimum Gasteiger partial charge on any atom is -0.394 e. The highest BCUT2D eigenvalue weighted by molar-refractivity contribution is 5.89. The van der Waals surface area contributed by atoms with Crippen molar-refractivity contribution < 1.29 is 19.1 Å². The molecule has 0 aromatic heterocycles. The van der Waals surface area contributed by atoms with E-state index < -0.39 is 0 Å². The SMILES string of the molecule is O=C(C1CCC1)N1CC(=O)N2[C@H](CO)[C@H](c3ccc(-c4ccccc4F)cc3)[C@@H]2C1. The van der Waals surface area contributed by atoms with Crippen LogP contribution in [0.2, 0.25) is 0 Å². The van der Waals surface area contributed by atoms with Gasteiger partial charge < -0.3 is 14.9 Å². The average Bonchev–Trinajstić information content (AvgIpc) is 2.69. The third-order valence-corrected chi connectivity index (χ3v) is 7.00. The monoisotopic (exact) mass is 408 g/mol. The normalized spacial score (nSPS) is 26.1. The topological polar surface area (TPSA) is 60.9 Å². The number of benzene rings is 2. The number of hydrogen-bond donors (Lipinski definition) is 1. The predicted molar refractivity (Wildman–Crippen MR) is 110 cm³/mol. The first-order valence-electron chi connectivity index (χ1n) is 10.6. The van der Waals surface area contributed by atoms with Gasteiger partial charge in [-0.2, -0.15) is 0 Å². The van der Waals surface area contributed by atoms with E-state index in [1.54, 1.807) is 28.0 Å². The van der Waals surface area contributed by atoms with Gasteiger partial charge in [0.25, 0.3) is 0 Å². The molecule has 5 rings (SSSR count). The van der Waals surface area contributed by atoms with Crippen molar-refractivity contribution in [3.05, 3.63) is 59.9 Å². The Morgan fingerprint density at radius 3 is 2.47 bits per heavy atom. The van der Waals surface area contributed by atoms with Crippen molar-refractivity contribution in [3.63, 3.8) is 0 Å². The second-order valence-electron chi connectivity index (χ2n) is 8.59. The van der Waals surface area contributed by atoms with Crippen LogP contribution in [0.3, 0.4) is 0 Å². The molecule has 1 saturated carbocycles. The van der Waals surface area contributed by atoms with Crippen molar-refractivity contribution in [2.45, 2.75) is 37.3 Å². The maximum absolute atomic E-state index is 14.1. The first kappa shape index (κ1) is 19.2. The lowest BCUT2D eigenvalue weighted by atomic mass is 9.73. The molecule has 3 fully saturated rings. The number of nitrogens with zero attached hydrogens (tertiary/aromatic N) is 2. The van der Waals surface area contributed by atoms with E-state index in [0.29, 0.717) is 12.1 Å². The molecule has 156 valence electrons. The van der Waals surface area contributed by atoms with E-state index in [-0.39, 0.29) is 54.7 Å². The van der Waals surface area contributed by atoms with Gasteiger partial charge in [-0.3, -0.25) is 9.59 Å². The Kier molecular flexibility index (Phi) is 4.82. The minimum atomic E-state index is -0.275. The summed E-state index contributed by atoms with van der Waals surface area (Å²) in [5, 5.41) is 9.93. The van der Waals surface area contributed by atoms with E-state index in [4.69, 9.17) is 0 Å².